The molecule has 2 aromatic rings. The summed E-state index contributed by atoms with van der Waals surface area (Å²) in [6.45, 7) is 9.73. The lowest BCUT2D eigenvalue weighted by molar-refractivity contribution is -0.148. The smallest absolute Gasteiger partial charge is 0.250 e. The molecule has 2 unspecified atom stereocenters. The number of para-hydroxylation sites is 1. The van der Waals surface area contributed by atoms with Crippen LogP contribution in [0.5, 0.6) is 5.75 Å². The van der Waals surface area contributed by atoms with Gasteiger partial charge < -0.3 is 30.1 Å². The summed E-state index contributed by atoms with van der Waals surface area (Å²) in [5.41, 5.74) is -0.359. The molecule has 3 aliphatic rings. The number of fused-ring (bicyclic) bond motifs is 1. The van der Waals surface area contributed by atoms with E-state index in [2.05, 4.69) is 10.6 Å². The number of halogens is 1. The van der Waals surface area contributed by atoms with Crippen molar-refractivity contribution in [2.24, 2.45) is 17.8 Å². The summed E-state index contributed by atoms with van der Waals surface area (Å²) in [4.78, 5) is 44.1. The number of hydrogen-bond acceptors (Lipinski definition) is 6. The Bertz CT molecular complexity index is 1350. The standard InChI is InChI=1S/C32H40ClN3O6/c1-6-18(3)23(17-37)36-27(29(39)35-26-19(4)9-8-10-22(26)33)32-16-15-31(5,42-32)24(25(32)30(36)40)28(38)34-20-11-13-21(14-12-20)41-7-2/h8-14,18,23-25,27,37H,6-7,15-17H2,1-5H3,(H,34,38)(H,35,39)/t18-,23-,24+,25-,27?,31-,32?/m0/s1. The van der Waals surface area contributed by atoms with Crippen LogP contribution in [0.3, 0.4) is 0 Å². The van der Waals surface area contributed by atoms with E-state index < -0.39 is 41.0 Å². The van der Waals surface area contributed by atoms with Crippen LogP contribution in [0.4, 0.5) is 11.4 Å². The fourth-order valence-corrected chi connectivity index (χ4v) is 7.51. The Hall–Kier alpha value is -3.14. The van der Waals surface area contributed by atoms with Gasteiger partial charge in [0.2, 0.25) is 17.7 Å². The number of nitrogens with one attached hydrogen (secondary N) is 2. The predicted octanol–water partition coefficient (Wildman–Crippen LogP) is 4.80. The molecule has 0 aromatic heterocycles. The minimum absolute atomic E-state index is 0.101. The van der Waals surface area contributed by atoms with Gasteiger partial charge in [-0.2, -0.15) is 0 Å². The normalized spacial score (nSPS) is 29.3. The number of amides is 3. The van der Waals surface area contributed by atoms with Crippen LogP contribution in [0.15, 0.2) is 42.5 Å². The van der Waals surface area contributed by atoms with Crippen molar-refractivity contribution >= 4 is 40.7 Å². The van der Waals surface area contributed by atoms with Crippen LogP contribution >= 0.6 is 11.6 Å². The average Bonchev–Trinajstić information content (AvgIpc) is 3.53. The molecule has 3 heterocycles. The van der Waals surface area contributed by atoms with E-state index in [9.17, 15) is 19.5 Å². The molecule has 1 spiro atoms. The molecule has 10 heteroatoms. The number of ether oxygens (including phenoxy) is 2. The lowest BCUT2D eigenvalue weighted by Gasteiger charge is -2.39. The highest BCUT2D eigenvalue weighted by Gasteiger charge is 2.78. The third-order valence-electron chi connectivity index (χ3n) is 9.49. The molecule has 3 N–H and O–H groups in total. The SMILES string of the molecule is CCOc1ccc(NC(=O)[C@H]2[C@H]3C(=O)N([C@@H](CO)[C@@H](C)CC)C(C(=O)Nc4c(C)cccc4Cl)C34CC[C@]2(C)O4)cc1. The van der Waals surface area contributed by atoms with Crippen LogP contribution < -0.4 is 15.4 Å². The number of carbonyl (C=O) groups is 3. The number of rotatable bonds is 10. The zero-order valence-corrected chi connectivity index (χ0v) is 25.5. The molecule has 0 saturated carbocycles. The second-order valence-corrected chi connectivity index (χ2v) is 12.4. The topological polar surface area (TPSA) is 117 Å². The van der Waals surface area contributed by atoms with Gasteiger partial charge in [-0.3, -0.25) is 14.4 Å². The Balaban J connectivity index is 1.53. The quantitative estimate of drug-likeness (QED) is 0.362. The molecule has 7 atom stereocenters. The van der Waals surface area contributed by atoms with Crippen molar-refractivity contribution in [3.63, 3.8) is 0 Å². The first kappa shape index (κ1) is 30.3. The van der Waals surface area contributed by atoms with Gasteiger partial charge in [0.05, 0.1) is 47.4 Å². The fraction of sp³-hybridized carbons (Fsp3) is 0.531. The van der Waals surface area contributed by atoms with Gasteiger partial charge in [0.25, 0.3) is 0 Å². The Kier molecular flexibility index (Phi) is 8.31. The number of carbonyl (C=O) groups excluding carboxylic acids is 3. The Labute approximate surface area is 251 Å². The molecule has 3 saturated heterocycles. The highest BCUT2D eigenvalue weighted by Crippen LogP contribution is 2.63. The first-order valence-electron chi connectivity index (χ1n) is 14.7. The molecule has 2 aromatic carbocycles. The monoisotopic (exact) mass is 597 g/mol. The third kappa shape index (κ3) is 4.85. The molecule has 3 amide bonds. The van der Waals surface area contributed by atoms with E-state index in [4.69, 9.17) is 21.1 Å². The largest absolute Gasteiger partial charge is 0.494 e. The van der Waals surface area contributed by atoms with Gasteiger partial charge in [-0.05, 0) is 75.4 Å². The van der Waals surface area contributed by atoms with Gasteiger partial charge in [0.1, 0.15) is 17.4 Å². The summed E-state index contributed by atoms with van der Waals surface area (Å²) >= 11 is 6.46. The molecular formula is C32H40ClN3O6. The number of nitrogens with zero attached hydrogens (tertiary/aromatic N) is 1. The fourth-order valence-electron chi connectivity index (χ4n) is 7.24. The van der Waals surface area contributed by atoms with Crippen molar-refractivity contribution in [2.75, 3.05) is 23.8 Å². The molecular weight excluding hydrogens is 558 g/mol. The maximum Gasteiger partial charge on any atom is 0.250 e. The van der Waals surface area contributed by atoms with Gasteiger partial charge in [-0.25, -0.2) is 0 Å². The van der Waals surface area contributed by atoms with E-state index in [1.807, 2.05) is 40.7 Å². The van der Waals surface area contributed by atoms with E-state index in [0.717, 1.165) is 5.56 Å². The number of benzene rings is 2. The molecule has 3 fully saturated rings. The lowest BCUT2D eigenvalue weighted by Crippen LogP contribution is -2.57. The Morgan fingerprint density at radius 3 is 2.48 bits per heavy atom. The van der Waals surface area contributed by atoms with Crippen molar-refractivity contribution in [2.45, 2.75) is 77.2 Å². The van der Waals surface area contributed by atoms with Crippen LogP contribution in [-0.4, -0.2) is 64.2 Å². The van der Waals surface area contributed by atoms with Gasteiger partial charge in [0, 0.05) is 5.69 Å². The highest BCUT2D eigenvalue weighted by molar-refractivity contribution is 6.34. The van der Waals surface area contributed by atoms with Crippen molar-refractivity contribution in [1.82, 2.24) is 4.90 Å². The summed E-state index contributed by atoms with van der Waals surface area (Å²) in [7, 11) is 0. The molecule has 226 valence electrons. The minimum atomic E-state index is -1.23. The molecule has 3 aliphatic heterocycles. The molecule has 2 bridgehead atoms. The maximum atomic E-state index is 14.5. The van der Waals surface area contributed by atoms with E-state index in [1.165, 1.54) is 4.90 Å². The van der Waals surface area contributed by atoms with Crippen LogP contribution in [-0.2, 0) is 19.1 Å². The lowest BCUT2D eigenvalue weighted by atomic mass is 9.66. The van der Waals surface area contributed by atoms with Crippen molar-refractivity contribution in [1.29, 1.82) is 0 Å². The summed E-state index contributed by atoms with van der Waals surface area (Å²) in [6.07, 6.45) is 1.63. The van der Waals surface area contributed by atoms with Gasteiger partial charge in [0.15, 0.2) is 0 Å². The minimum Gasteiger partial charge on any atom is -0.494 e. The third-order valence-corrected chi connectivity index (χ3v) is 9.81. The maximum absolute atomic E-state index is 14.5. The molecule has 5 rings (SSSR count). The summed E-state index contributed by atoms with van der Waals surface area (Å²) < 4.78 is 12.2. The van der Waals surface area contributed by atoms with E-state index >= 15 is 0 Å². The summed E-state index contributed by atoms with van der Waals surface area (Å²) in [5.74, 6) is -2.26. The second kappa shape index (κ2) is 11.5. The van der Waals surface area contributed by atoms with Crippen LogP contribution in [0.2, 0.25) is 5.02 Å². The predicted molar refractivity (Wildman–Crippen MR) is 160 cm³/mol. The van der Waals surface area contributed by atoms with Crippen LogP contribution in [0.25, 0.3) is 0 Å². The number of anilines is 2. The zero-order chi connectivity index (χ0) is 30.4. The van der Waals surface area contributed by atoms with Crippen molar-refractivity contribution in [3.05, 3.63) is 53.1 Å². The zero-order valence-electron chi connectivity index (χ0n) is 24.8. The number of hydrogen-bond donors (Lipinski definition) is 3. The van der Waals surface area contributed by atoms with Crippen molar-refractivity contribution < 1.29 is 29.0 Å². The second-order valence-electron chi connectivity index (χ2n) is 12.0. The first-order chi connectivity index (χ1) is 20.0. The molecule has 0 aliphatic carbocycles. The number of aryl methyl sites for hydroxylation is 1. The van der Waals surface area contributed by atoms with Crippen LogP contribution in [0, 0.1) is 24.7 Å². The highest BCUT2D eigenvalue weighted by atomic mass is 35.5. The van der Waals surface area contributed by atoms with E-state index in [0.29, 0.717) is 48.0 Å². The van der Waals surface area contributed by atoms with Gasteiger partial charge in [-0.15, -0.1) is 0 Å². The number of aliphatic hydroxyl groups is 1. The number of aliphatic hydroxyl groups excluding tert-OH is 1. The molecule has 42 heavy (non-hydrogen) atoms. The van der Waals surface area contributed by atoms with E-state index in [1.54, 1.807) is 36.4 Å². The summed E-state index contributed by atoms with van der Waals surface area (Å²) in [5, 5.41) is 16.8. The molecule has 0 radical (unpaired) electrons. The Morgan fingerprint density at radius 2 is 1.86 bits per heavy atom. The van der Waals surface area contributed by atoms with E-state index in [-0.39, 0.29) is 24.3 Å². The number of likely N-dealkylation sites (tertiary alicyclic amines) is 1. The van der Waals surface area contributed by atoms with Crippen molar-refractivity contribution in [3.8, 4) is 5.75 Å². The summed E-state index contributed by atoms with van der Waals surface area (Å²) in [6, 6.07) is 10.7. The van der Waals surface area contributed by atoms with Gasteiger partial charge >= 0.3 is 0 Å². The molecule has 9 nitrogen and oxygen atoms in total. The van der Waals surface area contributed by atoms with Crippen LogP contribution in [0.1, 0.15) is 52.5 Å². The Morgan fingerprint density at radius 1 is 1.14 bits per heavy atom. The van der Waals surface area contributed by atoms with Gasteiger partial charge in [-0.1, -0.05) is 44.0 Å². The first-order valence-corrected chi connectivity index (χ1v) is 15.1. The average molecular weight is 598 g/mol.